The van der Waals surface area contributed by atoms with Crippen molar-refractivity contribution in [2.75, 3.05) is 20.1 Å². The molecule has 5 nitrogen and oxygen atoms in total. The molecule has 106 valence electrons. The predicted molar refractivity (Wildman–Crippen MR) is 76.5 cm³/mol. The van der Waals surface area contributed by atoms with Gasteiger partial charge in [0.15, 0.2) is 0 Å². The van der Waals surface area contributed by atoms with Crippen LogP contribution >= 0.6 is 15.9 Å². The molecule has 0 bridgehead atoms. The standard InChI is InChI=1S/C12H17BrN2O3S/c1-8-5-9(3-4-10(8)13)19(17,18)15(2)11-6-14-7-12(11)16/h3-5,11-12,14,16H,6-7H2,1-2H3/t11-,12-/m1/s1. The Balaban J connectivity index is 2.33. The Labute approximate surface area is 121 Å². The number of halogens is 1. The molecule has 0 radical (unpaired) electrons. The Morgan fingerprint density at radius 2 is 2.11 bits per heavy atom. The Hall–Kier alpha value is -0.470. The van der Waals surface area contributed by atoms with Gasteiger partial charge < -0.3 is 10.4 Å². The number of likely N-dealkylation sites (N-methyl/N-ethyl adjacent to an activating group) is 1. The van der Waals surface area contributed by atoms with E-state index >= 15 is 0 Å². The minimum Gasteiger partial charge on any atom is -0.390 e. The summed E-state index contributed by atoms with van der Waals surface area (Å²) in [5, 5.41) is 12.8. The van der Waals surface area contributed by atoms with Crippen LogP contribution in [0, 0.1) is 6.92 Å². The summed E-state index contributed by atoms with van der Waals surface area (Å²) in [5.74, 6) is 0. The van der Waals surface area contributed by atoms with Crippen LogP contribution in [0.5, 0.6) is 0 Å². The van der Waals surface area contributed by atoms with Gasteiger partial charge in [0.1, 0.15) is 0 Å². The molecule has 1 saturated heterocycles. The van der Waals surface area contributed by atoms with E-state index in [0.29, 0.717) is 13.1 Å². The van der Waals surface area contributed by atoms with Crippen molar-refractivity contribution in [2.45, 2.75) is 24.0 Å². The third-order valence-electron chi connectivity index (χ3n) is 3.42. The Bertz CT molecular complexity index is 576. The number of aryl methyl sites for hydroxylation is 1. The summed E-state index contributed by atoms with van der Waals surface area (Å²) >= 11 is 3.35. The number of rotatable bonds is 3. The SMILES string of the molecule is Cc1cc(S(=O)(=O)N(C)[C@@H]2CNC[C@H]2O)ccc1Br. The van der Waals surface area contributed by atoms with Gasteiger partial charge in [-0.05, 0) is 30.7 Å². The lowest BCUT2D eigenvalue weighted by molar-refractivity contribution is 0.136. The Kier molecular flexibility index (Phi) is 4.32. The molecule has 1 aliphatic rings. The van der Waals surface area contributed by atoms with E-state index in [1.54, 1.807) is 18.2 Å². The highest BCUT2D eigenvalue weighted by atomic mass is 79.9. The number of sulfonamides is 1. The van der Waals surface area contributed by atoms with E-state index in [2.05, 4.69) is 21.2 Å². The normalized spacial score (nSPS) is 24.1. The summed E-state index contributed by atoms with van der Waals surface area (Å²) in [5.41, 5.74) is 0.861. The van der Waals surface area contributed by atoms with Crippen LogP contribution in [0.3, 0.4) is 0 Å². The topological polar surface area (TPSA) is 69.6 Å². The zero-order chi connectivity index (χ0) is 14.2. The van der Waals surface area contributed by atoms with Gasteiger partial charge in [-0.15, -0.1) is 0 Å². The van der Waals surface area contributed by atoms with Gasteiger partial charge in [-0.1, -0.05) is 15.9 Å². The number of hydrogen-bond acceptors (Lipinski definition) is 4. The number of β-amino-alcohol motifs (C(OH)–C–C–N with tert-alkyl or cyclic N) is 1. The Morgan fingerprint density at radius 1 is 1.42 bits per heavy atom. The van der Waals surface area contributed by atoms with Gasteiger partial charge in [0.05, 0.1) is 17.0 Å². The first-order valence-electron chi connectivity index (χ1n) is 5.97. The number of aliphatic hydroxyl groups excluding tert-OH is 1. The lowest BCUT2D eigenvalue weighted by Crippen LogP contribution is -2.44. The molecule has 2 N–H and O–H groups in total. The average Bonchev–Trinajstić information content (AvgIpc) is 2.77. The molecule has 19 heavy (non-hydrogen) atoms. The van der Waals surface area contributed by atoms with Crippen molar-refractivity contribution in [2.24, 2.45) is 0 Å². The summed E-state index contributed by atoms with van der Waals surface area (Å²) in [6, 6.07) is 4.50. The van der Waals surface area contributed by atoms with Crippen LogP contribution in [0.2, 0.25) is 0 Å². The van der Waals surface area contributed by atoms with Crippen molar-refractivity contribution in [1.82, 2.24) is 9.62 Å². The van der Waals surface area contributed by atoms with Crippen LogP contribution < -0.4 is 5.32 Å². The first-order chi connectivity index (χ1) is 8.84. The van der Waals surface area contributed by atoms with Crippen molar-refractivity contribution in [3.05, 3.63) is 28.2 Å². The van der Waals surface area contributed by atoms with E-state index in [-0.39, 0.29) is 4.90 Å². The molecular weight excluding hydrogens is 332 g/mol. The molecule has 0 saturated carbocycles. The molecule has 7 heteroatoms. The fourth-order valence-corrected chi connectivity index (χ4v) is 3.86. The molecule has 0 aromatic heterocycles. The highest BCUT2D eigenvalue weighted by Crippen LogP contribution is 2.24. The first-order valence-corrected chi connectivity index (χ1v) is 8.20. The van der Waals surface area contributed by atoms with Gasteiger partial charge in [-0.3, -0.25) is 0 Å². The van der Waals surface area contributed by atoms with E-state index in [4.69, 9.17) is 0 Å². The van der Waals surface area contributed by atoms with Crippen molar-refractivity contribution in [3.63, 3.8) is 0 Å². The van der Waals surface area contributed by atoms with Gasteiger partial charge in [-0.2, -0.15) is 4.31 Å². The summed E-state index contributed by atoms with van der Waals surface area (Å²) in [6.45, 7) is 2.73. The molecule has 1 aliphatic heterocycles. The van der Waals surface area contributed by atoms with Crippen molar-refractivity contribution in [3.8, 4) is 0 Å². The highest BCUT2D eigenvalue weighted by molar-refractivity contribution is 9.10. The molecule has 1 heterocycles. The maximum absolute atomic E-state index is 12.5. The smallest absolute Gasteiger partial charge is 0.243 e. The van der Waals surface area contributed by atoms with Crippen LogP contribution in [0.4, 0.5) is 0 Å². The average molecular weight is 349 g/mol. The number of nitrogens with one attached hydrogen (secondary N) is 1. The van der Waals surface area contributed by atoms with E-state index in [9.17, 15) is 13.5 Å². The molecule has 2 rings (SSSR count). The molecule has 0 unspecified atom stereocenters. The molecule has 1 aromatic carbocycles. The summed E-state index contributed by atoms with van der Waals surface area (Å²) in [4.78, 5) is 0.245. The third-order valence-corrected chi connectivity index (χ3v) is 6.19. The highest BCUT2D eigenvalue weighted by Gasteiger charge is 2.35. The minimum atomic E-state index is -3.58. The van der Waals surface area contributed by atoms with Crippen LogP contribution in [0.25, 0.3) is 0 Å². The minimum absolute atomic E-state index is 0.245. The van der Waals surface area contributed by atoms with E-state index in [1.165, 1.54) is 11.4 Å². The molecular formula is C12H17BrN2O3S. The molecule has 2 atom stereocenters. The molecule has 0 spiro atoms. The lowest BCUT2D eigenvalue weighted by atomic mass is 10.2. The van der Waals surface area contributed by atoms with Crippen molar-refractivity contribution >= 4 is 26.0 Å². The molecule has 0 amide bonds. The largest absolute Gasteiger partial charge is 0.390 e. The second-order valence-electron chi connectivity index (χ2n) is 4.73. The van der Waals surface area contributed by atoms with Gasteiger partial charge >= 0.3 is 0 Å². The van der Waals surface area contributed by atoms with Gasteiger partial charge in [0, 0.05) is 24.6 Å². The van der Waals surface area contributed by atoms with E-state index < -0.39 is 22.2 Å². The zero-order valence-electron chi connectivity index (χ0n) is 10.8. The summed E-state index contributed by atoms with van der Waals surface area (Å²) in [6.07, 6.45) is -0.670. The second-order valence-corrected chi connectivity index (χ2v) is 7.58. The third kappa shape index (κ3) is 2.85. The quantitative estimate of drug-likeness (QED) is 0.843. The maximum atomic E-state index is 12.5. The fourth-order valence-electron chi connectivity index (χ4n) is 2.14. The first kappa shape index (κ1) is 14.9. The fraction of sp³-hybridized carbons (Fsp3) is 0.500. The number of aliphatic hydroxyl groups is 1. The number of benzene rings is 1. The second kappa shape index (κ2) is 5.49. The van der Waals surface area contributed by atoms with Crippen molar-refractivity contribution < 1.29 is 13.5 Å². The summed E-state index contributed by atoms with van der Waals surface area (Å²) in [7, 11) is -2.07. The van der Waals surface area contributed by atoms with Crippen LogP contribution in [0.1, 0.15) is 5.56 Å². The van der Waals surface area contributed by atoms with Crippen LogP contribution in [-0.4, -0.2) is 50.1 Å². The molecule has 1 fully saturated rings. The Morgan fingerprint density at radius 3 is 2.63 bits per heavy atom. The van der Waals surface area contributed by atoms with Gasteiger partial charge in [-0.25, -0.2) is 8.42 Å². The van der Waals surface area contributed by atoms with Crippen LogP contribution in [-0.2, 0) is 10.0 Å². The zero-order valence-corrected chi connectivity index (χ0v) is 13.2. The van der Waals surface area contributed by atoms with E-state index in [1.807, 2.05) is 6.92 Å². The number of hydrogen-bond donors (Lipinski definition) is 2. The predicted octanol–water partition coefficient (Wildman–Crippen LogP) is 0.711. The van der Waals surface area contributed by atoms with Gasteiger partial charge in [0.25, 0.3) is 0 Å². The number of nitrogens with zero attached hydrogens (tertiary/aromatic N) is 1. The molecule has 1 aromatic rings. The lowest BCUT2D eigenvalue weighted by Gasteiger charge is -2.25. The maximum Gasteiger partial charge on any atom is 0.243 e. The monoisotopic (exact) mass is 348 g/mol. The van der Waals surface area contributed by atoms with Gasteiger partial charge in [0.2, 0.25) is 10.0 Å². The summed E-state index contributed by atoms with van der Waals surface area (Å²) < 4.78 is 27.1. The van der Waals surface area contributed by atoms with Crippen molar-refractivity contribution in [1.29, 1.82) is 0 Å². The molecule has 0 aliphatic carbocycles. The van der Waals surface area contributed by atoms with Crippen LogP contribution in [0.15, 0.2) is 27.6 Å². The van der Waals surface area contributed by atoms with E-state index in [0.717, 1.165) is 10.0 Å².